The van der Waals surface area contributed by atoms with Gasteiger partial charge in [-0.15, -0.1) is 11.3 Å². The maximum absolute atomic E-state index is 11.6. The summed E-state index contributed by atoms with van der Waals surface area (Å²) in [5, 5.41) is 0.962. The van der Waals surface area contributed by atoms with E-state index in [4.69, 9.17) is 5.73 Å². The van der Waals surface area contributed by atoms with Crippen molar-refractivity contribution in [3.8, 4) is 0 Å². The Morgan fingerprint density at radius 3 is 3.06 bits per heavy atom. The monoisotopic (exact) mass is 274 g/mol. The predicted octanol–water partition coefficient (Wildman–Crippen LogP) is 1.33. The van der Waals surface area contributed by atoms with E-state index in [1.807, 2.05) is 13.1 Å². The topological polar surface area (TPSA) is 73.0 Å². The lowest BCUT2D eigenvalue weighted by Gasteiger charge is -2.19. The Kier molecular flexibility index (Phi) is 3.85. The van der Waals surface area contributed by atoms with Crippen molar-refractivity contribution < 1.29 is 8.42 Å². The quantitative estimate of drug-likeness (QED) is 0.902. The van der Waals surface area contributed by atoms with Crippen LogP contribution in [-0.4, -0.2) is 30.9 Å². The van der Waals surface area contributed by atoms with Gasteiger partial charge in [-0.3, -0.25) is 0 Å². The normalized spacial score (nSPS) is 25.6. The first-order valence-corrected chi connectivity index (χ1v) is 8.50. The summed E-state index contributed by atoms with van der Waals surface area (Å²) >= 11 is 1.61. The van der Waals surface area contributed by atoms with Crippen LogP contribution in [0.3, 0.4) is 0 Å². The highest BCUT2D eigenvalue weighted by Gasteiger charge is 2.27. The minimum Gasteiger partial charge on any atom is -0.328 e. The van der Waals surface area contributed by atoms with Crippen molar-refractivity contribution in [3.05, 3.63) is 16.1 Å². The van der Waals surface area contributed by atoms with Crippen LogP contribution in [0.25, 0.3) is 0 Å². The molecule has 17 heavy (non-hydrogen) atoms. The van der Waals surface area contributed by atoms with E-state index in [9.17, 15) is 8.42 Å². The maximum atomic E-state index is 11.6. The molecule has 96 valence electrons. The average Bonchev–Trinajstić information content (AvgIpc) is 2.63. The number of sulfone groups is 1. The van der Waals surface area contributed by atoms with Crippen molar-refractivity contribution in [1.82, 2.24) is 4.98 Å². The minimum absolute atomic E-state index is 0.0978. The van der Waals surface area contributed by atoms with Crippen LogP contribution < -0.4 is 5.73 Å². The third-order valence-corrected chi connectivity index (χ3v) is 5.91. The SMILES string of the molecule is CC(N)Cc1cnc(C2CCCS(=O)(=O)C2)s1. The van der Waals surface area contributed by atoms with Crippen molar-refractivity contribution in [2.45, 2.75) is 38.1 Å². The molecule has 2 atom stereocenters. The largest absolute Gasteiger partial charge is 0.328 e. The molecule has 0 aromatic carbocycles. The van der Waals surface area contributed by atoms with E-state index in [1.165, 1.54) is 0 Å². The molecular formula is C11H18N2O2S2. The number of nitrogens with zero attached hydrogens (tertiary/aromatic N) is 1. The van der Waals surface area contributed by atoms with Crippen LogP contribution >= 0.6 is 11.3 Å². The molecule has 0 bridgehead atoms. The van der Waals surface area contributed by atoms with Crippen LogP contribution in [0.5, 0.6) is 0 Å². The molecule has 0 radical (unpaired) electrons. The van der Waals surface area contributed by atoms with E-state index >= 15 is 0 Å². The zero-order chi connectivity index (χ0) is 12.5. The zero-order valence-corrected chi connectivity index (χ0v) is 11.6. The van der Waals surface area contributed by atoms with Gasteiger partial charge in [0, 0.05) is 23.0 Å². The number of aromatic nitrogens is 1. The zero-order valence-electron chi connectivity index (χ0n) is 9.93. The molecule has 1 aliphatic heterocycles. The second kappa shape index (κ2) is 5.04. The summed E-state index contributed by atoms with van der Waals surface area (Å²) < 4.78 is 23.2. The summed E-state index contributed by atoms with van der Waals surface area (Å²) in [5.74, 6) is 0.695. The van der Waals surface area contributed by atoms with Crippen LogP contribution in [0, 0.1) is 0 Å². The van der Waals surface area contributed by atoms with Gasteiger partial charge in [0.2, 0.25) is 0 Å². The Morgan fingerprint density at radius 2 is 2.41 bits per heavy atom. The van der Waals surface area contributed by atoms with Gasteiger partial charge in [-0.05, 0) is 26.2 Å². The Balaban J connectivity index is 2.09. The number of nitrogens with two attached hydrogens (primary N) is 1. The smallest absolute Gasteiger partial charge is 0.151 e. The molecule has 2 heterocycles. The molecule has 2 N–H and O–H groups in total. The molecule has 1 aromatic rings. The van der Waals surface area contributed by atoms with E-state index in [0.29, 0.717) is 5.75 Å². The van der Waals surface area contributed by atoms with Crippen molar-refractivity contribution in [3.63, 3.8) is 0 Å². The van der Waals surface area contributed by atoms with Gasteiger partial charge in [0.1, 0.15) is 0 Å². The first-order chi connectivity index (χ1) is 7.96. The highest BCUT2D eigenvalue weighted by atomic mass is 32.2. The van der Waals surface area contributed by atoms with Gasteiger partial charge in [-0.25, -0.2) is 13.4 Å². The third-order valence-electron chi connectivity index (χ3n) is 2.91. The fraction of sp³-hybridized carbons (Fsp3) is 0.727. The van der Waals surface area contributed by atoms with E-state index in [2.05, 4.69) is 4.98 Å². The molecule has 0 amide bonds. The fourth-order valence-corrected chi connectivity index (χ4v) is 5.15. The number of hydrogen-bond donors (Lipinski definition) is 1. The maximum Gasteiger partial charge on any atom is 0.151 e. The van der Waals surface area contributed by atoms with Gasteiger partial charge in [0.25, 0.3) is 0 Å². The standard InChI is InChI=1S/C11H18N2O2S2/c1-8(12)5-10-6-13-11(16-10)9-3-2-4-17(14,15)7-9/h6,8-9H,2-5,7,12H2,1H3. The lowest BCUT2D eigenvalue weighted by atomic mass is 10.1. The van der Waals surface area contributed by atoms with Gasteiger partial charge in [-0.2, -0.15) is 0 Å². The molecule has 1 aliphatic rings. The highest BCUT2D eigenvalue weighted by Crippen LogP contribution is 2.31. The summed E-state index contributed by atoms with van der Waals surface area (Å²) in [7, 11) is -2.85. The van der Waals surface area contributed by atoms with Crippen molar-refractivity contribution in [2.24, 2.45) is 5.73 Å². The number of thiazole rings is 1. The van der Waals surface area contributed by atoms with Gasteiger partial charge in [0.05, 0.1) is 16.5 Å². The van der Waals surface area contributed by atoms with Gasteiger partial charge >= 0.3 is 0 Å². The molecule has 4 nitrogen and oxygen atoms in total. The molecular weight excluding hydrogens is 256 g/mol. The van der Waals surface area contributed by atoms with Crippen LogP contribution in [0.1, 0.15) is 35.6 Å². The summed E-state index contributed by atoms with van der Waals surface area (Å²) in [6.45, 7) is 1.96. The summed E-state index contributed by atoms with van der Waals surface area (Å²) in [6, 6.07) is 0.124. The van der Waals surface area contributed by atoms with Crippen molar-refractivity contribution >= 4 is 21.2 Å². The summed E-state index contributed by atoms with van der Waals surface area (Å²) in [6.07, 6.45) is 4.35. The van der Waals surface area contributed by atoms with E-state index in [0.717, 1.165) is 29.1 Å². The number of hydrogen-bond acceptors (Lipinski definition) is 5. The molecule has 1 fully saturated rings. The second-order valence-electron chi connectivity index (χ2n) is 4.80. The van der Waals surface area contributed by atoms with E-state index in [-0.39, 0.29) is 17.7 Å². The lowest BCUT2D eigenvalue weighted by molar-refractivity contribution is 0.553. The Morgan fingerprint density at radius 1 is 1.65 bits per heavy atom. The summed E-state index contributed by atoms with van der Waals surface area (Å²) in [5.41, 5.74) is 5.74. The second-order valence-corrected chi connectivity index (χ2v) is 8.18. The molecule has 1 saturated heterocycles. The van der Waals surface area contributed by atoms with Crippen LogP contribution in [-0.2, 0) is 16.3 Å². The Labute approximate surface area is 106 Å². The first kappa shape index (κ1) is 13.0. The molecule has 2 unspecified atom stereocenters. The Bertz CT molecular complexity index is 479. The van der Waals surface area contributed by atoms with Crippen molar-refractivity contribution in [1.29, 1.82) is 0 Å². The van der Waals surface area contributed by atoms with E-state index < -0.39 is 9.84 Å². The Hall–Kier alpha value is -0.460. The third kappa shape index (κ3) is 3.50. The molecule has 0 spiro atoms. The molecule has 0 saturated carbocycles. The van der Waals surface area contributed by atoms with Crippen LogP contribution in [0.4, 0.5) is 0 Å². The molecule has 6 heteroatoms. The van der Waals surface area contributed by atoms with Gasteiger partial charge in [-0.1, -0.05) is 0 Å². The first-order valence-electron chi connectivity index (χ1n) is 5.87. The fourth-order valence-electron chi connectivity index (χ4n) is 2.14. The van der Waals surface area contributed by atoms with Crippen LogP contribution in [0.15, 0.2) is 6.20 Å². The average molecular weight is 274 g/mol. The molecule has 1 aromatic heterocycles. The van der Waals surface area contributed by atoms with Crippen molar-refractivity contribution in [2.75, 3.05) is 11.5 Å². The summed E-state index contributed by atoms with van der Waals surface area (Å²) in [4.78, 5) is 5.51. The number of rotatable bonds is 3. The van der Waals surface area contributed by atoms with Gasteiger partial charge < -0.3 is 5.73 Å². The molecule has 0 aliphatic carbocycles. The predicted molar refractivity (Wildman–Crippen MR) is 70.1 cm³/mol. The van der Waals surface area contributed by atoms with Gasteiger partial charge in [0.15, 0.2) is 9.84 Å². The highest BCUT2D eigenvalue weighted by molar-refractivity contribution is 7.91. The lowest BCUT2D eigenvalue weighted by Crippen LogP contribution is -2.23. The molecule has 2 rings (SSSR count). The van der Waals surface area contributed by atoms with E-state index in [1.54, 1.807) is 11.3 Å². The minimum atomic E-state index is -2.85. The van der Waals surface area contributed by atoms with Crippen LogP contribution in [0.2, 0.25) is 0 Å².